The van der Waals surface area contributed by atoms with Gasteiger partial charge in [0.15, 0.2) is 0 Å². The van der Waals surface area contributed by atoms with Gasteiger partial charge in [0.05, 0.1) is 12.7 Å². The fourth-order valence-corrected chi connectivity index (χ4v) is 0. The third-order valence-corrected chi connectivity index (χ3v) is 0.252. The van der Waals surface area contributed by atoms with Crippen molar-refractivity contribution >= 4 is 0 Å². The fraction of sp³-hybridized carbons (Fsp3) is 0.333. The molecule has 48 valence electrons. The summed E-state index contributed by atoms with van der Waals surface area (Å²) in [7, 11) is 0. The van der Waals surface area contributed by atoms with Crippen molar-refractivity contribution in [1.29, 1.82) is 0 Å². The van der Waals surface area contributed by atoms with Gasteiger partial charge in [-0.3, -0.25) is 0 Å². The summed E-state index contributed by atoms with van der Waals surface area (Å²) in [5, 5.41) is 0. The molecular formula is C6H10F2. The topological polar surface area (TPSA) is 0 Å². The van der Waals surface area contributed by atoms with E-state index in [1.54, 1.807) is 13.8 Å². The molecule has 2 heteroatoms. The Hall–Kier alpha value is -0.660. The number of halogens is 2. The van der Waals surface area contributed by atoms with Gasteiger partial charge in [-0.25, -0.2) is 8.78 Å². The molecule has 0 unspecified atom stereocenters. The minimum Gasteiger partial charge on any atom is -0.216 e. The van der Waals surface area contributed by atoms with Crippen molar-refractivity contribution in [2.24, 2.45) is 0 Å². The van der Waals surface area contributed by atoms with Gasteiger partial charge in [-0.15, -0.1) is 0 Å². The standard InChI is InChI=1S/2C3H5F/c2*1-2-3-4/h2*2-3H,1H3/b3-2+;3-2-. The van der Waals surface area contributed by atoms with Crippen LogP contribution in [-0.4, -0.2) is 0 Å². The Morgan fingerprint density at radius 2 is 1.00 bits per heavy atom. The summed E-state index contributed by atoms with van der Waals surface area (Å²) in [6, 6.07) is 0. The average Bonchev–Trinajstić information content (AvgIpc) is 1.88. The van der Waals surface area contributed by atoms with Crippen molar-refractivity contribution in [3.05, 3.63) is 24.8 Å². The van der Waals surface area contributed by atoms with Crippen molar-refractivity contribution in [1.82, 2.24) is 0 Å². The molecule has 0 aliphatic carbocycles. The second-order valence-corrected chi connectivity index (χ2v) is 0.919. The molecule has 0 bridgehead atoms. The molecule has 0 aromatic heterocycles. The van der Waals surface area contributed by atoms with Crippen LogP contribution in [0.1, 0.15) is 13.8 Å². The highest BCUT2D eigenvalue weighted by molar-refractivity contribution is 4.61. The van der Waals surface area contributed by atoms with Gasteiger partial charge in [0.2, 0.25) is 0 Å². The third-order valence-electron chi connectivity index (χ3n) is 0.252. The first-order valence-corrected chi connectivity index (χ1v) is 2.26. The van der Waals surface area contributed by atoms with E-state index in [2.05, 4.69) is 0 Å². The van der Waals surface area contributed by atoms with E-state index < -0.39 is 0 Å². The summed E-state index contributed by atoms with van der Waals surface area (Å²) in [4.78, 5) is 0. The molecule has 0 nitrogen and oxygen atoms in total. The number of rotatable bonds is 0. The lowest BCUT2D eigenvalue weighted by Gasteiger charge is -1.45. The first-order chi connectivity index (χ1) is 3.83. The Labute approximate surface area is 48.5 Å². The van der Waals surface area contributed by atoms with E-state index in [1.807, 2.05) is 0 Å². The second-order valence-electron chi connectivity index (χ2n) is 0.919. The van der Waals surface area contributed by atoms with Crippen LogP contribution in [0.2, 0.25) is 0 Å². The first-order valence-electron chi connectivity index (χ1n) is 2.26. The van der Waals surface area contributed by atoms with Gasteiger partial charge < -0.3 is 0 Å². The molecule has 0 heterocycles. The quantitative estimate of drug-likeness (QED) is 0.461. The number of allylic oxidation sites excluding steroid dienone is 2. The van der Waals surface area contributed by atoms with Gasteiger partial charge in [0.1, 0.15) is 0 Å². The summed E-state index contributed by atoms with van der Waals surface area (Å²) < 4.78 is 21.1. The highest BCUT2D eigenvalue weighted by Crippen LogP contribution is 1.63. The van der Waals surface area contributed by atoms with E-state index in [0.29, 0.717) is 12.7 Å². The monoisotopic (exact) mass is 120 g/mol. The van der Waals surface area contributed by atoms with Crippen LogP contribution in [0, 0.1) is 0 Å². The molecule has 0 saturated heterocycles. The Balaban J connectivity index is 0. The highest BCUT2D eigenvalue weighted by atomic mass is 19.1. The van der Waals surface area contributed by atoms with Crippen LogP contribution in [0.25, 0.3) is 0 Å². The maximum Gasteiger partial charge on any atom is 0.0824 e. The maximum absolute atomic E-state index is 10.5. The molecule has 0 aliphatic heterocycles. The van der Waals surface area contributed by atoms with Gasteiger partial charge in [-0.05, 0) is 13.8 Å². The Bertz CT molecular complexity index is 46.9. The van der Waals surface area contributed by atoms with Crippen molar-refractivity contribution in [3.8, 4) is 0 Å². The minimum absolute atomic E-state index is 0.500. The molecule has 0 atom stereocenters. The smallest absolute Gasteiger partial charge is 0.0824 e. The van der Waals surface area contributed by atoms with Crippen molar-refractivity contribution in [2.45, 2.75) is 13.8 Å². The zero-order chi connectivity index (χ0) is 6.83. The molecule has 0 aromatic carbocycles. The van der Waals surface area contributed by atoms with Gasteiger partial charge in [0, 0.05) is 0 Å². The predicted molar refractivity (Wildman–Crippen MR) is 31.8 cm³/mol. The van der Waals surface area contributed by atoms with Crippen molar-refractivity contribution in [3.63, 3.8) is 0 Å². The van der Waals surface area contributed by atoms with Crippen molar-refractivity contribution < 1.29 is 8.78 Å². The molecule has 0 fully saturated rings. The van der Waals surface area contributed by atoms with E-state index in [9.17, 15) is 8.78 Å². The van der Waals surface area contributed by atoms with E-state index in [-0.39, 0.29) is 0 Å². The average molecular weight is 120 g/mol. The maximum atomic E-state index is 10.5. The van der Waals surface area contributed by atoms with Crippen LogP contribution in [-0.2, 0) is 0 Å². The van der Waals surface area contributed by atoms with Gasteiger partial charge in [0.25, 0.3) is 0 Å². The van der Waals surface area contributed by atoms with Gasteiger partial charge in [-0.1, -0.05) is 12.2 Å². The fourth-order valence-electron chi connectivity index (χ4n) is 0. The summed E-state index contributed by atoms with van der Waals surface area (Å²) in [5.41, 5.74) is 0. The first kappa shape index (κ1) is 10.3. The molecule has 0 radical (unpaired) electrons. The zero-order valence-electron chi connectivity index (χ0n) is 5.07. The normalized spacial score (nSPS) is 9.50. The molecule has 0 aliphatic rings. The summed E-state index contributed by atoms with van der Waals surface area (Å²) in [5.74, 6) is 0. The molecule has 0 rings (SSSR count). The van der Waals surface area contributed by atoms with Gasteiger partial charge in [-0.2, -0.15) is 0 Å². The Morgan fingerprint density at radius 1 is 0.875 bits per heavy atom. The Kier molecular flexibility index (Phi) is 21.0. The summed E-state index contributed by atoms with van der Waals surface area (Å²) in [6.45, 7) is 3.25. The lowest BCUT2D eigenvalue weighted by Crippen LogP contribution is -1.22. The summed E-state index contributed by atoms with van der Waals surface area (Å²) in [6.07, 6.45) is 3.67. The van der Waals surface area contributed by atoms with Crippen LogP contribution >= 0.6 is 0 Å². The van der Waals surface area contributed by atoms with Crippen LogP contribution in [0.15, 0.2) is 24.8 Å². The third kappa shape index (κ3) is 56.0. The van der Waals surface area contributed by atoms with E-state index >= 15 is 0 Å². The van der Waals surface area contributed by atoms with E-state index in [0.717, 1.165) is 0 Å². The molecule has 0 N–H and O–H groups in total. The highest BCUT2D eigenvalue weighted by Gasteiger charge is 1.39. The van der Waals surface area contributed by atoms with Crippen LogP contribution in [0.3, 0.4) is 0 Å². The molecule has 0 amide bonds. The lowest BCUT2D eigenvalue weighted by molar-refractivity contribution is 0.719. The van der Waals surface area contributed by atoms with Crippen LogP contribution in [0.5, 0.6) is 0 Å². The summed E-state index contributed by atoms with van der Waals surface area (Å²) >= 11 is 0. The van der Waals surface area contributed by atoms with E-state index in [1.165, 1.54) is 12.2 Å². The van der Waals surface area contributed by atoms with Crippen LogP contribution in [0.4, 0.5) is 8.78 Å². The zero-order valence-corrected chi connectivity index (χ0v) is 5.07. The lowest BCUT2D eigenvalue weighted by atomic mass is 10.8. The molecule has 0 aromatic rings. The van der Waals surface area contributed by atoms with Gasteiger partial charge >= 0.3 is 0 Å². The number of hydrogen-bond acceptors (Lipinski definition) is 0. The van der Waals surface area contributed by atoms with Crippen molar-refractivity contribution in [2.75, 3.05) is 0 Å². The Morgan fingerprint density at radius 3 is 1.00 bits per heavy atom. The SMILES string of the molecule is C/C=C/F.C/C=C\F. The van der Waals surface area contributed by atoms with E-state index in [4.69, 9.17) is 0 Å². The largest absolute Gasteiger partial charge is 0.216 e. The molecule has 8 heavy (non-hydrogen) atoms. The second kappa shape index (κ2) is 16.2. The molecule has 0 spiro atoms. The predicted octanol–water partition coefficient (Wildman–Crippen LogP) is 2.98. The minimum atomic E-state index is 0.500. The number of hydrogen-bond donors (Lipinski definition) is 0. The van der Waals surface area contributed by atoms with Crippen LogP contribution < -0.4 is 0 Å². The molecular weight excluding hydrogens is 110 g/mol. The molecule has 0 saturated carbocycles.